The Labute approximate surface area is 121 Å². The van der Waals surface area contributed by atoms with Crippen molar-refractivity contribution in [2.75, 3.05) is 13.7 Å². The molecular weight excluding hydrogens is 276 g/mol. The van der Waals surface area contributed by atoms with E-state index in [4.69, 9.17) is 10.5 Å². The zero-order valence-corrected chi connectivity index (χ0v) is 13.2. The molecule has 0 saturated heterocycles. The van der Waals surface area contributed by atoms with Gasteiger partial charge >= 0.3 is 0 Å². The fourth-order valence-electron chi connectivity index (χ4n) is 2.07. The largest absolute Gasteiger partial charge is 0.497 e. The molecule has 0 saturated carbocycles. The zero-order chi connectivity index (χ0) is 15.2. The maximum Gasteiger partial charge on any atom is 0.216 e. The van der Waals surface area contributed by atoms with Gasteiger partial charge in [0.2, 0.25) is 10.0 Å². The molecule has 0 unspecified atom stereocenters. The number of benzene rings is 1. The summed E-state index contributed by atoms with van der Waals surface area (Å²) < 4.78 is 32.4. The van der Waals surface area contributed by atoms with E-state index >= 15 is 0 Å². The van der Waals surface area contributed by atoms with E-state index in [1.165, 1.54) is 0 Å². The highest BCUT2D eigenvalue weighted by Crippen LogP contribution is 2.18. The Kier molecular flexibility index (Phi) is 5.98. The predicted octanol–water partition coefficient (Wildman–Crippen LogP) is 1.63. The van der Waals surface area contributed by atoms with Crippen LogP contribution in [0.25, 0.3) is 0 Å². The van der Waals surface area contributed by atoms with Crippen LogP contribution in [-0.2, 0) is 15.8 Å². The van der Waals surface area contributed by atoms with Crippen molar-refractivity contribution >= 4 is 10.0 Å². The molecule has 3 N–H and O–H groups in total. The number of ether oxygens (including phenoxy) is 1. The maximum atomic E-state index is 12.3. The molecule has 0 aliphatic heterocycles. The molecule has 20 heavy (non-hydrogen) atoms. The Balaban J connectivity index is 2.89. The van der Waals surface area contributed by atoms with Crippen LogP contribution < -0.4 is 15.2 Å². The number of hydrogen-bond donors (Lipinski definition) is 2. The Hall–Kier alpha value is -1.11. The van der Waals surface area contributed by atoms with E-state index in [1.807, 2.05) is 13.8 Å². The average molecular weight is 300 g/mol. The van der Waals surface area contributed by atoms with Gasteiger partial charge in [-0.3, -0.25) is 0 Å². The Morgan fingerprint density at radius 2 is 1.95 bits per heavy atom. The molecule has 0 aliphatic carbocycles. The zero-order valence-electron chi connectivity index (χ0n) is 12.3. The van der Waals surface area contributed by atoms with Gasteiger partial charge in [-0.25, -0.2) is 13.1 Å². The first kappa shape index (κ1) is 16.9. The molecule has 6 heteroatoms. The molecule has 0 spiro atoms. The van der Waals surface area contributed by atoms with Crippen LogP contribution in [0.15, 0.2) is 24.3 Å². The van der Waals surface area contributed by atoms with Crippen molar-refractivity contribution in [2.45, 2.75) is 38.0 Å². The lowest BCUT2D eigenvalue weighted by molar-refractivity contribution is 0.363. The van der Waals surface area contributed by atoms with Crippen molar-refractivity contribution in [3.8, 4) is 5.75 Å². The first-order chi connectivity index (χ1) is 9.40. The van der Waals surface area contributed by atoms with Crippen molar-refractivity contribution < 1.29 is 13.2 Å². The highest BCUT2D eigenvalue weighted by atomic mass is 32.2. The summed E-state index contributed by atoms with van der Waals surface area (Å²) in [4.78, 5) is 0. The first-order valence-electron chi connectivity index (χ1n) is 6.75. The minimum absolute atomic E-state index is 0.0774. The molecule has 0 heterocycles. The molecule has 0 fully saturated rings. The van der Waals surface area contributed by atoms with E-state index in [0.29, 0.717) is 24.2 Å². The number of sulfonamides is 1. The highest BCUT2D eigenvalue weighted by molar-refractivity contribution is 7.88. The Morgan fingerprint density at radius 3 is 2.45 bits per heavy atom. The van der Waals surface area contributed by atoms with Crippen LogP contribution in [-0.4, -0.2) is 27.6 Å². The van der Waals surface area contributed by atoms with E-state index < -0.39 is 15.6 Å². The normalized spacial score (nSPS) is 12.4. The Bertz CT molecular complexity index is 517. The van der Waals surface area contributed by atoms with Crippen LogP contribution in [0.4, 0.5) is 0 Å². The van der Waals surface area contributed by atoms with Gasteiger partial charge in [0, 0.05) is 12.1 Å². The monoisotopic (exact) mass is 300 g/mol. The van der Waals surface area contributed by atoms with E-state index in [2.05, 4.69) is 4.72 Å². The van der Waals surface area contributed by atoms with Crippen LogP contribution in [0.3, 0.4) is 0 Å². The number of hydrogen-bond acceptors (Lipinski definition) is 4. The van der Waals surface area contributed by atoms with E-state index in [-0.39, 0.29) is 12.3 Å². The van der Waals surface area contributed by atoms with Gasteiger partial charge in [-0.15, -0.1) is 0 Å². The topological polar surface area (TPSA) is 81.4 Å². The molecule has 1 rings (SSSR count). The SMILES string of the molecule is CCC(CC)(CN)NS(=O)(=O)Cc1cccc(OC)c1. The van der Waals surface area contributed by atoms with E-state index in [9.17, 15) is 8.42 Å². The number of rotatable bonds is 8. The summed E-state index contributed by atoms with van der Waals surface area (Å²) in [7, 11) is -1.88. The smallest absolute Gasteiger partial charge is 0.216 e. The molecule has 5 nitrogen and oxygen atoms in total. The third kappa shape index (κ3) is 4.47. The van der Waals surface area contributed by atoms with Crippen molar-refractivity contribution in [2.24, 2.45) is 5.73 Å². The number of nitrogens with two attached hydrogens (primary N) is 1. The molecule has 0 aromatic heterocycles. The second-order valence-electron chi connectivity index (χ2n) is 4.90. The lowest BCUT2D eigenvalue weighted by atomic mass is 9.95. The van der Waals surface area contributed by atoms with Gasteiger partial charge < -0.3 is 10.5 Å². The third-order valence-corrected chi connectivity index (χ3v) is 5.06. The summed E-state index contributed by atoms with van der Waals surface area (Å²) in [5, 5.41) is 0. The highest BCUT2D eigenvalue weighted by Gasteiger charge is 2.29. The second-order valence-corrected chi connectivity index (χ2v) is 6.63. The number of methoxy groups -OCH3 is 1. The predicted molar refractivity (Wildman–Crippen MR) is 81.1 cm³/mol. The molecule has 0 atom stereocenters. The molecule has 1 aromatic rings. The lowest BCUT2D eigenvalue weighted by Crippen LogP contribution is -2.53. The summed E-state index contributed by atoms with van der Waals surface area (Å²) >= 11 is 0. The van der Waals surface area contributed by atoms with E-state index in [0.717, 1.165) is 0 Å². The van der Waals surface area contributed by atoms with Gasteiger partial charge in [-0.2, -0.15) is 0 Å². The minimum Gasteiger partial charge on any atom is -0.497 e. The third-order valence-electron chi connectivity index (χ3n) is 3.61. The summed E-state index contributed by atoms with van der Waals surface area (Å²) in [6.45, 7) is 4.16. The minimum atomic E-state index is -3.44. The quantitative estimate of drug-likeness (QED) is 0.764. The first-order valence-corrected chi connectivity index (χ1v) is 8.40. The Morgan fingerprint density at radius 1 is 1.30 bits per heavy atom. The van der Waals surface area contributed by atoms with Crippen molar-refractivity contribution in [3.05, 3.63) is 29.8 Å². The van der Waals surface area contributed by atoms with Gasteiger partial charge in [0.1, 0.15) is 5.75 Å². The van der Waals surface area contributed by atoms with Gasteiger partial charge in [-0.1, -0.05) is 26.0 Å². The van der Waals surface area contributed by atoms with Gasteiger partial charge in [0.05, 0.1) is 12.9 Å². The fourth-order valence-corrected chi connectivity index (χ4v) is 3.79. The van der Waals surface area contributed by atoms with Crippen LogP contribution in [0.2, 0.25) is 0 Å². The van der Waals surface area contributed by atoms with Gasteiger partial charge in [0.15, 0.2) is 0 Å². The van der Waals surface area contributed by atoms with Crippen LogP contribution >= 0.6 is 0 Å². The molecule has 0 radical (unpaired) electrons. The standard InChI is InChI=1S/C14H24N2O3S/c1-4-14(5-2,11-15)16-20(17,18)10-12-7-6-8-13(9-12)19-3/h6-9,16H,4-5,10-11,15H2,1-3H3. The summed E-state index contributed by atoms with van der Waals surface area (Å²) in [6.07, 6.45) is 1.33. The van der Waals surface area contributed by atoms with Crippen LogP contribution in [0, 0.1) is 0 Å². The maximum absolute atomic E-state index is 12.3. The van der Waals surface area contributed by atoms with Crippen LogP contribution in [0.1, 0.15) is 32.3 Å². The van der Waals surface area contributed by atoms with Gasteiger partial charge in [0.25, 0.3) is 0 Å². The molecular formula is C14H24N2O3S. The molecule has 1 aromatic carbocycles. The van der Waals surface area contributed by atoms with Crippen molar-refractivity contribution in [1.29, 1.82) is 0 Å². The fraction of sp³-hybridized carbons (Fsp3) is 0.571. The van der Waals surface area contributed by atoms with Crippen LogP contribution in [0.5, 0.6) is 5.75 Å². The molecule has 0 bridgehead atoms. The molecule has 0 amide bonds. The molecule has 114 valence electrons. The van der Waals surface area contributed by atoms with E-state index in [1.54, 1.807) is 31.4 Å². The summed E-state index contributed by atoms with van der Waals surface area (Å²) in [6, 6.07) is 7.05. The number of nitrogens with one attached hydrogen (secondary N) is 1. The van der Waals surface area contributed by atoms with Gasteiger partial charge in [-0.05, 0) is 30.5 Å². The molecule has 0 aliphatic rings. The van der Waals surface area contributed by atoms with Crippen molar-refractivity contribution in [1.82, 2.24) is 4.72 Å². The second kappa shape index (κ2) is 7.06. The lowest BCUT2D eigenvalue weighted by Gasteiger charge is -2.31. The summed E-state index contributed by atoms with van der Waals surface area (Å²) in [5.41, 5.74) is 5.86. The average Bonchev–Trinajstić information content (AvgIpc) is 2.44. The van der Waals surface area contributed by atoms with Crippen molar-refractivity contribution in [3.63, 3.8) is 0 Å². The summed E-state index contributed by atoms with van der Waals surface area (Å²) in [5.74, 6) is 0.570.